The number of nitrogens with one attached hydrogen (secondary N) is 1. The monoisotopic (exact) mass is 548 g/mol. The molecule has 2 aliphatic heterocycles. The summed E-state index contributed by atoms with van der Waals surface area (Å²) < 4.78 is 11.6. The van der Waals surface area contributed by atoms with E-state index in [1.807, 2.05) is 6.07 Å². The number of amides is 3. The van der Waals surface area contributed by atoms with E-state index in [2.05, 4.69) is 10.3 Å². The Labute approximate surface area is 231 Å². The number of piperidine rings is 1. The van der Waals surface area contributed by atoms with Crippen LogP contribution in [0.1, 0.15) is 39.1 Å². The molecule has 10 heteroatoms. The van der Waals surface area contributed by atoms with Gasteiger partial charge in [0.15, 0.2) is 0 Å². The van der Waals surface area contributed by atoms with E-state index in [4.69, 9.17) is 21.1 Å². The Morgan fingerprint density at radius 1 is 1.05 bits per heavy atom. The Morgan fingerprint density at radius 3 is 2.51 bits per heavy atom. The summed E-state index contributed by atoms with van der Waals surface area (Å²) in [5, 5.41) is 3.48. The predicted octanol–water partition coefficient (Wildman–Crippen LogP) is 3.53. The number of carbonyl (C=O) groups excluding carboxylic acids is 3. The van der Waals surface area contributed by atoms with Crippen molar-refractivity contribution in [3.63, 3.8) is 0 Å². The minimum absolute atomic E-state index is 0.0553. The lowest BCUT2D eigenvalue weighted by molar-refractivity contribution is -0.128. The number of pyridine rings is 1. The van der Waals surface area contributed by atoms with Crippen molar-refractivity contribution >= 4 is 29.3 Å². The lowest BCUT2D eigenvalue weighted by atomic mass is 9.96. The van der Waals surface area contributed by atoms with Gasteiger partial charge in [0.1, 0.15) is 17.5 Å². The van der Waals surface area contributed by atoms with Gasteiger partial charge in [0.2, 0.25) is 5.91 Å². The van der Waals surface area contributed by atoms with Gasteiger partial charge in [-0.05, 0) is 54.1 Å². The number of nitrogens with zero attached hydrogens (tertiary/aromatic N) is 3. The molecule has 39 heavy (non-hydrogen) atoms. The van der Waals surface area contributed by atoms with E-state index in [-0.39, 0.29) is 30.9 Å². The zero-order valence-electron chi connectivity index (χ0n) is 21.5. The third-order valence-corrected chi connectivity index (χ3v) is 7.46. The van der Waals surface area contributed by atoms with E-state index in [9.17, 15) is 14.4 Å². The maximum absolute atomic E-state index is 14.0. The summed E-state index contributed by atoms with van der Waals surface area (Å²) in [5.74, 6) is -0.219. The molecule has 1 atom stereocenters. The number of hydrogen-bond acceptors (Lipinski definition) is 6. The van der Waals surface area contributed by atoms with Gasteiger partial charge in [0.25, 0.3) is 11.8 Å². The fourth-order valence-electron chi connectivity index (χ4n) is 5.11. The molecular formula is C29H29ClN4O5. The number of benzene rings is 2. The van der Waals surface area contributed by atoms with Crippen molar-refractivity contribution in [2.75, 3.05) is 26.8 Å². The smallest absolute Gasteiger partial charge is 0.257 e. The van der Waals surface area contributed by atoms with Gasteiger partial charge in [-0.15, -0.1) is 0 Å². The first-order valence-electron chi connectivity index (χ1n) is 12.7. The van der Waals surface area contributed by atoms with Crippen LogP contribution >= 0.6 is 11.6 Å². The van der Waals surface area contributed by atoms with Crippen LogP contribution in [0.5, 0.6) is 5.75 Å². The van der Waals surface area contributed by atoms with E-state index in [1.54, 1.807) is 76.8 Å². The molecule has 0 bridgehead atoms. The second kappa shape index (κ2) is 11.4. The van der Waals surface area contributed by atoms with E-state index in [0.717, 1.165) is 5.56 Å². The van der Waals surface area contributed by atoms with Crippen molar-refractivity contribution in [2.45, 2.75) is 31.2 Å². The predicted molar refractivity (Wildman–Crippen MR) is 144 cm³/mol. The molecule has 2 aromatic carbocycles. The Balaban J connectivity index is 1.37. The molecule has 9 nitrogen and oxygen atoms in total. The summed E-state index contributed by atoms with van der Waals surface area (Å²) in [6, 6.07) is 16.4. The molecule has 1 unspecified atom stereocenters. The average molecular weight is 549 g/mol. The lowest BCUT2D eigenvalue weighted by Crippen LogP contribution is -2.59. The number of methoxy groups -OCH3 is 1. The molecule has 5 rings (SSSR count). The largest absolute Gasteiger partial charge is 0.497 e. The van der Waals surface area contributed by atoms with Crippen LogP contribution in [0.25, 0.3) is 0 Å². The molecule has 2 aliphatic rings. The number of aromatic nitrogens is 1. The van der Waals surface area contributed by atoms with Crippen LogP contribution in [0, 0.1) is 0 Å². The summed E-state index contributed by atoms with van der Waals surface area (Å²) in [6.07, 6.45) is 4.08. The van der Waals surface area contributed by atoms with Crippen LogP contribution in [0.3, 0.4) is 0 Å². The average Bonchev–Trinajstić information content (AvgIpc) is 3.34. The van der Waals surface area contributed by atoms with E-state index >= 15 is 0 Å². The highest BCUT2D eigenvalue weighted by Crippen LogP contribution is 2.39. The number of ether oxygens (including phenoxy) is 2. The van der Waals surface area contributed by atoms with Crippen molar-refractivity contribution in [3.8, 4) is 5.75 Å². The minimum atomic E-state index is -1.02. The minimum Gasteiger partial charge on any atom is -0.497 e. The van der Waals surface area contributed by atoms with Gasteiger partial charge in [-0.3, -0.25) is 24.3 Å². The zero-order chi connectivity index (χ0) is 27.4. The fraction of sp³-hybridized carbons (Fsp3) is 0.310. The second-order valence-corrected chi connectivity index (χ2v) is 9.99. The van der Waals surface area contributed by atoms with Gasteiger partial charge >= 0.3 is 0 Å². The summed E-state index contributed by atoms with van der Waals surface area (Å²) >= 11 is 5.97. The van der Waals surface area contributed by atoms with E-state index in [0.29, 0.717) is 47.8 Å². The normalized spacial score (nSPS) is 18.2. The summed E-state index contributed by atoms with van der Waals surface area (Å²) in [5.41, 5.74) is 0.760. The van der Waals surface area contributed by atoms with Gasteiger partial charge in [0.05, 0.1) is 13.7 Å². The number of rotatable bonds is 6. The third-order valence-electron chi connectivity index (χ3n) is 7.21. The van der Waals surface area contributed by atoms with Gasteiger partial charge in [0, 0.05) is 61.0 Å². The highest BCUT2D eigenvalue weighted by atomic mass is 35.5. The highest BCUT2D eigenvalue weighted by Gasteiger charge is 2.54. The Kier molecular flexibility index (Phi) is 7.81. The Hall–Kier alpha value is -3.95. The molecule has 2 saturated heterocycles. The van der Waals surface area contributed by atoms with Crippen molar-refractivity contribution in [3.05, 3.63) is 94.8 Å². The fourth-order valence-corrected chi connectivity index (χ4v) is 5.23. The lowest BCUT2D eigenvalue weighted by Gasteiger charge is -2.44. The first-order valence-corrected chi connectivity index (χ1v) is 13.1. The van der Waals surface area contributed by atoms with Crippen molar-refractivity contribution in [2.24, 2.45) is 0 Å². The van der Waals surface area contributed by atoms with Crippen LogP contribution in [-0.4, -0.2) is 71.1 Å². The molecule has 202 valence electrons. The molecule has 3 aromatic rings. The maximum Gasteiger partial charge on any atom is 0.257 e. The summed E-state index contributed by atoms with van der Waals surface area (Å²) in [4.78, 5) is 47.8. The first kappa shape index (κ1) is 26.6. The van der Waals surface area contributed by atoms with Gasteiger partial charge < -0.3 is 19.7 Å². The standard InChI is InChI=1S/C29H29ClN4O5/c1-38-24-6-2-5-22(16-24)28(37)34-25(26(35)32-18-20-4-3-13-31-17-20)19-39-29(34)11-14-33(15-12-29)27(36)21-7-9-23(30)10-8-21/h2-10,13,16-17,25H,11-12,14-15,18-19H2,1H3,(H,32,35). The Morgan fingerprint density at radius 2 is 1.82 bits per heavy atom. The topological polar surface area (TPSA) is 101 Å². The molecule has 1 spiro atoms. The highest BCUT2D eigenvalue weighted by molar-refractivity contribution is 6.30. The molecular weight excluding hydrogens is 520 g/mol. The maximum atomic E-state index is 14.0. The number of likely N-dealkylation sites (tertiary alicyclic amines) is 1. The SMILES string of the molecule is COc1cccc(C(=O)N2C(C(=O)NCc3cccnc3)COC23CCN(C(=O)c2ccc(Cl)cc2)CC3)c1. The number of carbonyl (C=O) groups is 3. The molecule has 0 radical (unpaired) electrons. The quantitative estimate of drug-likeness (QED) is 0.506. The van der Waals surface area contributed by atoms with Crippen molar-refractivity contribution < 1.29 is 23.9 Å². The van der Waals surface area contributed by atoms with Crippen LogP contribution in [0.15, 0.2) is 73.1 Å². The molecule has 3 amide bonds. The molecule has 0 aliphatic carbocycles. The van der Waals surface area contributed by atoms with Crippen LogP contribution in [0.2, 0.25) is 5.02 Å². The van der Waals surface area contributed by atoms with Gasteiger partial charge in [-0.25, -0.2) is 0 Å². The van der Waals surface area contributed by atoms with Crippen molar-refractivity contribution in [1.82, 2.24) is 20.1 Å². The van der Waals surface area contributed by atoms with Gasteiger partial charge in [-0.2, -0.15) is 0 Å². The molecule has 1 N–H and O–H groups in total. The Bertz CT molecular complexity index is 1340. The molecule has 2 fully saturated rings. The zero-order valence-corrected chi connectivity index (χ0v) is 22.3. The molecule has 1 aromatic heterocycles. The van der Waals surface area contributed by atoms with E-state index in [1.165, 1.54) is 7.11 Å². The second-order valence-electron chi connectivity index (χ2n) is 9.56. The van der Waals surface area contributed by atoms with Crippen LogP contribution < -0.4 is 10.1 Å². The molecule has 3 heterocycles. The number of hydrogen-bond donors (Lipinski definition) is 1. The third kappa shape index (κ3) is 5.60. The van der Waals surface area contributed by atoms with Gasteiger partial charge in [-0.1, -0.05) is 23.7 Å². The number of halogens is 1. The summed E-state index contributed by atoms with van der Waals surface area (Å²) in [7, 11) is 1.53. The van der Waals surface area contributed by atoms with Crippen LogP contribution in [0.4, 0.5) is 0 Å². The van der Waals surface area contributed by atoms with Crippen molar-refractivity contribution in [1.29, 1.82) is 0 Å². The molecule has 0 saturated carbocycles. The first-order chi connectivity index (χ1) is 18.9. The van der Waals surface area contributed by atoms with Crippen LogP contribution in [-0.2, 0) is 16.1 Å². The summed E-state index contributed by atoms with van der Waals surface area (Å²) in [6.45, 7) is 1.07. The van der Waals surface area contributed by atoms with E-state index < -0.39 is 11.8 Å².